The molecule has 3 aromatic rings. The topological polar surface area (TPSA) is 46.2 Å². The van der Waals surface area contributed by atoms with Gasteiger partial charge in [0.1, 0.15) is 0 Å². The Balaban J connectivity index is 2.22. The van der Waals surface area contributed by atoms with E-state index in [4.69, 9.17) is 12.0 Å². The molecule has 1 aliphatic rings. The molecule has 0 aromatic heterocycles. The van der Waals surface area contributed by atoms with Crippen molar-refractivity contribution in [2.75, 3.05) is 0 Å². The van der Waals surface area contributed by atoms with Crippen LogP contribution in [0.5, 0.6) is 0 Å². The molecule has 0 saturated carbocycles. The molecule has 322 valence electrons. The zero-order chi connectivity index (χ0) is 44.6. The van der Waals surface area contributed by atoms with Gasteiger partial charge in [-0.25, -0.2) is 0 Å². The van der Waals surface area contributed by atoms with E-state index in [1.807, 2.05) is 0 Å². The van der Waals surface area contributed by atoms with Crippen molar-refractivity contribution >= 4 is 82.8 Å². The number of aryl methyl sites for hydroxylation is 6. The Hall–Kier alpha value is 0.655. The maximum atomic E-state index is 8.10. The number of hydrogen-bond acceptors (Lipinski definition) is 5. The summed E-state index contributed by atoms with van der Waals surface area (Å²) in [7, 11) is 0. The first-order valence-electron chi connectivity index (χ1n) is 21.4. The van der Waals surface area contributed by atoms with E-state index >= 15 is 0 Å². The van der Waals surface area contributed by atoms with Gasteiger partial charge in [-0.1, -0.05) is 0 Å². The summed E-state index contributed by atoms with van der Waals surface area (Å²) < 4.78 is 39.8. The van der Waals surface area contributed by atoms with Crippen LogP contribution in [-0.4, -0.2) is 85.6 Å². The van der Waals surface area contributed by atoms with Gasteiger partial charge in [-0.05, 0) is 0 Å². The standard InChI is InChI=1S/C24H25.6C4H9.CHO3.2O.4Sn/c1-15-10-17(3)23(18(4)11-15)21-8-7-9-22(14-21)24-19(5)12-16(2)13-20(24)6;6*1-4(2)3;2-1(3)4;;;;;;/h7-13H,1-6H3;6*1-3H3;1H;;;;;;/q;;;;;;;-3;;;;3*+1. The second kappa shape index (κ2) is 17.6. The third-order valence-electron chi connectivity index (χ3n) is 11.7. The first kappa shape index (κ1) is 51.3. The van der Waals surface area contributed by atoms with Gasteiger partial charge in [-0.3, -0.25) is 0 Å². The quantitative estimate of drug-likeness (QED) is 0.221. The van der Waals surface area contributed by atoms with Crippen LogP contribution < -0.4 is 3.58 Å². The molecule has 58 heavy (non-hydrogen) atoms. The van der Waals surface area contributed by atoms with Gasteiger partial charge in [0.25, 0.3) is 0 Å². The Kier molecular flexibility index (Phi) is 15.5. The van der Waals surface area contributed by atoms with Gasteiger partial charge < -0.3 is 0 Å². The molecule has 0 unspecified atom stereocenters. The van der Waals surface area contributed by atoms with Crippen molar-refractivity contribution < 1.29 is 12.0 Å². The summed E-state index contributed by atoms with van der Waals surface area (Å²) in [5, 5.41) is 0. The molecule has 0 spiro atoms. The van der Waals surface area contributed by atoms with Gasteiger partial charge in [0.05, 0.1) is 0 Å². The molecule has 1 saturated heterocycles. The van der Waals surface area contributed by atoms with Crippen LogP contribution in [0.2, 0.25) is 20.6 Å². The summed E-state index contributed by atoms with van der Waals surface area (Å²) in [5.41, 5.74) is 12.6. The average Bonchev–Trinajstić information content (AvgIpc) is 2.98. The Morgan fingerprint density at radius 1 is 0.500 bits per heavy atom. The van der Waals surface area contributed by atoms with E-state index in [1.165, 1.54) is 59.2 Å². The van der Waals surface area contributed by atoms with Crippen LogP contribution in [-0.2, 0) is 12.0 Å². The van der Waals surface area contributed by atoms with Crippen LogP contribution in [0.15, 0.2) is 42.5 Å². The van der Waals surface area contributed by atoms with Crippen molar-refractivity contribution in [3.8, 4) is 22.3 Å². The Morgan fingerprint density at radius 2 is 0.810 bits per heavy atom. The van der Waals surface area contributed by atoms with Gasteiger partial charge in [0.2, 0.25) is 0 Å². The van der Waals surface area contributed by atoms with Crippen LogP contribution in [0, 0.1) is 41.5 Å². The van der Waals surface area contributed by atoms with Gasteiger partial charge in [0.15, 0.2) is 0 Å². The molecule has 3 aromatic carbocycles. The molecule has 0 N–H and O–H groups in total. The number of rotatable bonds is 7. The molecule has 1 fully saturated rings. The van der Waals surface area contributed by atoms with Crippen molar-refractivity contribution in [1.82, 2.24) is 0 Å². The summed E-state index contributed by atoms with van der Waals surface area (Å²) in [6, 6.07) is 16.2. The fraction of sp³-hybridized carbons (Fsp3) is 0.633. The zero-order valence-electron chi connectivity index (χ0n) is 41.2. The number of hydrogen-bond donors (Lipinski definition) is 0. The molecule has 0 amide bonds. The van der Waals surface area contributed by atoms with E-state index in [-0.39, 0.29) is 20.6 Å². The molecule has 0 atom stereocenters. The third-order valence-corrected chi connectivity index (χ3v) is 70.1. The predicted molar refractivity (Wildman–Crippen MR) is 256 cm³/mol. The summed E-state index contributed by atoms with van der Waals surface area (Å²) >= 11 is -15.2. The fourth-order valence-corrected chi connectivity index (χ4v) is 100. The second-order valence-corrected chi connectivity index (χ2v) is 72.1. The summed E-state index contributed by atoms with van der Waals surface area (Å²) in [5.74, 6) is 0. The normalized spacial score (nSPS) is 17.4. The monoisotopic (exact) mass is 1230 g/mol. The Labute approximate surface area is 381 Å². The van der Waals surface area contributed by atoms with Crippen LogP contribution in [0.4, 0.5) is 0 Å². The minimum absolute atomic E-state index is 0.0210. The first-order valence-corrected chi connectivity index (χ1v) is 39.6. The second-order valence-electron chi connectivity index (χ2n) is 23.5. The van der Waals surface area contributed by atoms with Crippen molar-refractivity contribution in [3.05, 3.63) is 75.8 Å². The van der Waals surface area contributed by atoms with Crippen LogP contribution in [0.1, 0.15) is 158 Å². The average molecular weight is 1220 g/mol. The van der Waals surface area contributed by atoms with E-state index in [2.05, 4.69) is 209 Å². The van der Waals surface area contributed by atoms with E-state index in [0.717, 1.165) is 0 Å². The summed E-state index contributed by atoms with van der Waals surface area (Å²) in [6.07, 6.45) is 0. The van der Waals surface area contributed by atoms with Crippen LogP contribution in [0.3, 0.4) is 0 Å². The molecule has 1 aliphatic heterocycles. The molecule has 0 bridgehead atoms. The molecule has 9 heteroatoms. The molecule has 0 aliphatic carbocycles. The molecule has 4 rings (SSSR count). The zero-order valence-corrected chi connectivity index (χ0v) is 52.6. The SMILES string of the molecule is Cc1cc(C)c(-c2cccc(-c3c(C)cc(C)cc3C)[c]2[Sn]([O]C2[O][Sn]([C](C)(C)C)([C](C)(C)C)[O][Sn]([C](C)(C)C)([C](C)(C)C)[O]2)[O][Sn]([C](C)(C)C)[C](C)(C)C)c(C)c1. The van der Waals surface area contributed by atoms with Gasteiger partial charge in [0, 0.05) is 0 Å². The summed E-state index contributed by atoms with van der Waals surface area (Å²) in [4.78, 5) is 0. The van der Waals surface area contributed by atoms with E-state index < -0.39 is 85.6 Å². The molecular formula is C49H80O5Sn4. The Morgan fingerprint density at radius 3 is 1.09 bits per heavy atom. The van der Waals surface area contributed by atoms with Gasteiger partial charge in [-0.2, -0.15) is 0 Å². The van der Waals surface area contributed by atoms with Crippen molar-refractivity contribution in [1.29, 1.82) is 0 Å². The fourth-order valence-electron chi connectivity index (χ4n) is 10.3. The van der Waals surface area contributed by atoms with Crippen LogP contribution >= 0.6 is 0 Å². The molecule has 5 nitrogen and oxygen atoms in total. The summed E-state index contributed by atoms with van der Waals surface area (Å²) in [6.45, 7) is 55.1. The van der Waals surface area contributed by atoms with E-state index in [9.17, 15) is 0 Å². The predicted octanol–water partition coefficient (Wildman–Crippen LogP) is 14.6. The van der Waals surface area contributed by atoms with Crippen molar-refractivity contribution in [2.45, 2.75) is 193 Å². The minimum atomic E-state index is -4.26. The van der Waals surface area contributed by atoms with Gasteiger partial charge in [-0.15, -0.1) is 0 Å². The molecular weight excluding hydrogens is 1140 g/mol. The van der Waals surface area contributed by atoms with Crippen molar-refractivity contribution in [2.24, 2.45) is 0 Å². The molecule has 2 radical (unpaired) electrons. The third kappa shape index (κ3) is 10.3. The number of benzene rings is 3. The first-order chi connectivity index (χ1) is 26.0. The van der Waals surface area contributed by atoms with Gasteiger partial charge >= 0.3 is 386 Å². The maximum absolute atomic E-state index is 8.10. The van der Waals surface area contributed by atoms with Crippen LogP contribution in [0.25, 0.3) is 22.3 Å². The Bertz CT molecular complexity index is 1760. The molecule has 1 heterocycles. The van der Waals surface area contributed by atoms with Crippen molar-refractivity contribution in [3.63, 3.8) is 0 Å². The van der Waals surface area contributed by atoms with E-state index in [1.54, 1.807) is 0 Å². The van der Waals surface area contributed by atoms with E-state index in [0.29, 0.717) is 0 Å².